The summed E-state index contributed by atoms with van der Waals surface area (Å²) >= 11 is 0. The first kappa shape index (κ1) is 12.0. The predicted octanol–water partition coefficient (Wildman–Crippen LogP) is 1.27. The van der Waals surface area contributed by atoms with Crippen molar-refractivity contribution in [3.05, 3.63) is 35.3 Å². The monoisotopic (exact) mass is 243 g/mol. The normalized spacial score (nSPS) is 11.6. The topological polar surface area (TPSA) is 20.2 Å². The molecule has 0 saturated heterocycles. The second-order valence-electron chi connectivity index (χ2n) is 4.43. The van der Waals surface area contributed by atoms with Gasteiger partial charge in [0, 0.05) is 18.0 Å². The third-order valence-electron chi connectivity index (χ3n) is 2.79. The van der Waals surface area contributed by atoms with Gasteiger partial charge in [0.1, 0.15) is 0 Å². The minimum atomic E-state index is -1.43. The lowest BCUT2D eigenvalue weighted by Crippen LogP contribution is -3.05. The van der Waals surface area contributed by atoms with Gasteiger partial charge in [0.15, 0.2) is 17.5 Å². The van der Waals surface area contributed by atoms with E-state index >= 15 is 0 Å². The highest BCUT2D eigenvalue weighted by Crippen LogP contribution is 2.25. The lowest BCUT2D eigenvalue weighted by molar-refractivity contribution is -0.858. The molecule has 0 aliphatic rings. The molecule has 0 aliphatic heterocycles. The van der Waals surface area contributed by atoms with Gasteiger partial charge in [-0.25, -0.2) is 13.2 Å². The maximum absolute atomic E-state index is 13.4. The van der Waals surface area contributed by atoms with Crippen molar-refractivity contribution in [1.29, 1.82) is 0 Å². The maximum atomic E-state index is 13.4. The molecule has 0 spiro atoms. The van der Waals surface area contributed by atoms with E-state index in [9.17, 15) is 13.2 Å². The van der Waals surface area contributed by atoms with E-state index in [4.69, 9.17) is 0 Å². The number of H-pyrrole nitrogens is 1. The SMILES string of the molecule is C[NH+](C)CCc1c[nH]c2c(F)c(F)c(F)cc12. The number of rotatable bonds is 3. The fourth-order valence-electron chi connectivity index (χ4n) is 1.82. The van der Waals surface area contributed by atoms with Gasteiger partial charge in [0.25, 0.3) is 0 Å². The Morgan fingerprint density at radius 3 is 2.53 bits per heavy atom. The molecule has 1 aromatic heterocycles. The van der Waals surface area contributed by atoms with E-state index in [1.165, 1.54) is 4.90 Å². The molecule has 0 aliphatic carbocycles. The van der Waals surface area contributed by atoms with Crippen LogP contribution in [-0.4, -0.2) is 25.6 Å². The van der Waals surface area contributed by atoms with Gasteiger partial charge in [-0.05, 0) is 11.6 Å². The van der Waals surface area contributed by atoms with Gasteiger partial charge in [0.05, 0.1) is 26.2 Å². The fraction of sp³-hybridized carbons (Fsp3) is 0.333. The fourth-order valence-corrected chi connectivity index (χ4v) is 1.82. The number of aromatic amines is 1. The summed E-state index contributed by atoms with van der Waals surface area (Å²) in [6.07, 6.45) is 2.29. The van der Waals surface area contributed by atoms with Crippen LogP contribution in [0, 0.1) is 17.5 Å². The highest BCUT2D eigenvalue weighted by atomic mass is 19.2. The van der Waals surface area contributed by atoms with Crippen molar-refractivity contribution in [2.45, 2.75) is 6.42 Å². The number of halogens is 3. The summed E-state index contributed by atoms with van der Waals surface area (Å²) in [5.74, 6) is -3.72. The molecule has 0 saturated carbocycles. The number of nitrogens with one attached hydrogen (secondary N) is 2. The molecule has 0 fully saturated rings. The van der Waals surface area contributed by atoms with Crippen LogP contribution >= 0.6 is 0 Å². The minimum absolute atomic E-state index is 0.0349. The van der Waals surface area contributed by atoms with Crippen LogP contribution in [0.2, 0.25) is 0 Å². The highest BCUT2D eigenvalue weighted by Gasteiger charge is 2.17. The Kier molecular flexibility index (Phi) is 3.11. The van der Waals surface area contributed by atoms with E-state index in [-0.39, 0.29) is 5.52 Å². The number of fused-ring (bicyclic) bond motifs is 1. The molecule has 2 N–H and O–H groups in total. The summed E-state index contributed by atoms with van der Waals surface area (Å²) in [5.41, 5.74) is 0.839. The summed E-state index contributed by atoms with van der Waals surface area (Å²) < 4.78 is 39.6. The number of hydrogen-bond acceptors (Lipinski definition) is 0. The number of likely N-dealkylation sites (N-methyl/N-ethyl adjacent to an activating group) is 1. The third-order valence-corrected chi connectivity index (χ3v) is 2.79. The molecule has 2 aromatic rings. The van der Waals surface area contributed by atoms with Crippen molar-refractivity contribution in [3.63, 3.8) is 0 Å². The van der Waals surface area contributed by atoms with Gasteiger partial charge in [-0.2, -0.15) is 0 Å². The third kappa shape index (κ3) is 2.15. The van der Waals surface area contributed by atoms with Crippen LogP contribution in [-0.2, 0) is 6.42 Å². The van der Waals surface area contributed by atoms with E-state index in [0.717, 1.165) is 18.2 Å². The van der Waals surface area contributed by atoms with Crippen molar-refractivity contribution in [3.8, 4) is 0 Å². The van der Waals surface area contributed by atoms with Gasteiger partial charge in [-0.15, -0.1) is 0 Å². The Labute approximate surface area is 97.0 Å². The molecule has 0 amide bonds. The lowest BCUT2D eigenvalue weighted by atomic mass is 10.1. The first-order chi connectivity index (χ1) is 8.00. The van der Waals surface area contributed by atoms with Crippen molar-refractivity contribution in [2.24, 2.45) is 0 Å². The molecule has 17 heavy (non-hydrogen) atoms. The van der Waals surface area contributed by atoms with Crippen molar-refractivity contribution >= 4 is 10.9 Å². The molecule has 1 heterocycles. The standard InChI is InChI=1S/C12H13F3N2/c1-17(2)4-3-7-6-16-12-8(7)5-9(13)10(14)11(12)15/h5-6,16H,3-4H2,1-2H3/p+1. The van der Waals surface area contributed by atoms with E-state index < -0.39 is 17.5 Å². The van der Waals surface area contributed by atoms with Crippen LogP contribution in [0.3, 0.4) is 0 Å². The van der Waals surface area contributed by atoms with Gasteiger partial charge >= 0.3 is 0 Å². The largest absolute Gasteiger partial charge is 0.358 e. The summed E-state index contributed by atoms with van der Waals surface area (Å²) in [4.78, 5) is 3.90. The zero-order valence-electron chi connectivity index (χ0n) is 9.70. The molecular formula is C12H14F3N2+. The molecular weight excluding hydrogens is 229 g/mol. The highest BCUT2D eigenvalue weighted by molar-refractivity contribution is 5.84. The lowest BCUT2D eigenvalue weighted by Gasteiger charge is -2.06. The van der Waals surface area contributed by atoms with Gasteiger partial charge in [-0.3, -0.25) is 0 Å². The van der Waals surface area contributed by atoms with E-state index in [1.54, 1.807) is 6.20 Å². The first-order valence-corrected chi connectivity index (χ1v) is 5.43. The molecule has 0 unspecified atom stereocenters. The van der Waals surface area contributed by atoms with Crippen molar-refractivity contribution in [1.82, 2.24) is 4.98 Å². The maximum Gasteiger partial charge on any atom is 0.196 e. The van der Waals surface area contributed by atoms with Crippen molar-refractivity contribution in [2.75, 3.05) is 20.6 Å². The second-order valence-corrected chi connectivity index (χ2v) is 4.43. The summed E-state index contributed by atoms with van der Waals surface area (Å²) in [6, 6.07) is 1.05. The molecule has 2 nitrogen and oxygen atoms in total. The van der Waals surface area contributed by atoms with Crippen LogP contribution in [0.4, 0.5) is 13.2 Å². The zero-order chi connectivity index (χ0) is 12.6. The van der Waals surface area contributed by atoms with Crippen LogP contribution in [0.15, 0.2) is 12.3 Å². The predicted molar refractivity (Wildman–Crippen MR) is 59.6 cm³/mol. The zero-order valence-corrected chi connectivity index (χ0v) is 9.70. The molecule has 92 valence electrons. The molecule has 0 atom stereocenters. The van der Waals surface area contributed by atoms with E-state index in [1.807, 2.05) is 14.1 Å². The van der Waals surface area contributed by atoms with Crippen LogP contribution in [0.25, 0.3) is 10.9 Å². The number of aromatic nitrogens is 1. The molecule has 2 rings (SSSR count). The van der Waals surface area contributed by atoms with Crippen LogP contribution in [0.1, 0.15) is 5.56 Å². The average molecular weight is 243 g/mol. The summed E-state index contributed by atoms with van der Waals surface area (Å²) in [6.45, 7) is 0.841. The molecule has 5 heteroatoms. The summed E-state index contributed by atoms with van der Waals surface area (Å²) in [7, 11) is 3.99. The van der Waals surface area contributed by atoms with Gasteiger partial charge < -0.3 is 9.88 Å². The smallest absolute Gasteiger partial charge is 0.196 e. The molecule has 0 bridgehead atoms. The van der Waals surface area contributed by atoms with Gasteiger partial charge in [0.2, 0.25) is 0 Å². The Bertz CT molecular complexity index is 546. The Morgan fingerprint density at radius 1 is 1.18 bits per heavy atom. The van der Waals surface area contributed by atoms with Crippen LogP contribution < -0.4 is 4.90 Å². The quantitative estimate of drug-likeness (QED) is 0.757. The van der Waals surface area contributed by atoms with Gasteiger partial charge in [-0.1, -0.05) is 0 Å². The number of benzene rings is 1. The Hall–Kier alpha value is -1.49. The van der Waals surface area contributed by atoms with Crippen molar-refractivity contribution < 1.29 is 18.1 Å². The van der Waals surface area contributed by atoms with E-state index in [2.05, 4.69) is 4.98 Å². The van der Waals surface area contributed by atoms with E-state index in [0.29, 0.717) is 11.8 Å². The Balaban J connectivity index is 2.46. The molecule has 0 radical (unpaired) electrons. The average Bonchev–Trinajstić information content (AvgIpc) is 2.66. The minimum Gasteiger partial charge on any atom is -0.358 e. The van der Waals surface area contributed by atoms with Crippen LogP contribution in [0.5, 0.6) is 0 Å². The Morgan fingerprint density at radius 2 is 1.88 bits per heavy atom. The number of hydrogen-bond donors (Lipinski definition) is 2. The first-order valence-electron chi connectivity index (χ1n) is 5.43. The second kappa shape index (κ2) is 4.41. The molecule has 1 aromatic carbocycles. The number of quaternary nitrogens is 1. The summed E-state index contributed by atoms with van der Waals surface area (Å²) in [5, 5.41) is 0.419.